The number of ether oxygens (including phenoxy) is 3. The Balaban J connectivity index is 2.47. The standard InChI is InChI=1S/C12H17NO4/c1-15-7-8-2-3-10-12(17-5-4-16-10)11(8)9(13)6-14/h2-3,9,14H,4-7,13H2,1H3. The minimum absolute atomic E-state index is 0.142. The first-order valence-electron chi connectivity index (χ1n) is 5.54. The summed E-state index contributed by atoms with van der Waals surface area (Å²) in [5.41, 5.74) is 7.59. The molecule has 0 amide bonds. The maximum Gasteiger partial charge on any atom is 0.166 e. The molecule has 0 fully saturated rings. The van der Waals surface area contributed by atoms with E-state index in [2.05, 4.69) is 0 Å². The van der Waals surface area contributed by atoms with Gasteiger partial charge in [-0.15, -0.1) is 0 Å². The summed E-state index contributed by atoms with van der Waals surface area (Å²) in [5.74, 6) is 1.31. The number of aliphatic hydroxyl groups excluding tert-OH is 1. The zero-order valence-electron chi connectivity index (χ0n) is 9.81. The molecule has 17 heavy (non-hydrogen) atoms. The Hall–Kier alpha value is -1.30. The van der Waals surface area contributed by atoms with E-state index in [1.807, 2.05) is 12.1 Å². The lowest BCUT2D eigenvalue weighted by Gasteiger charge is -2.25. The number of hydrogen-bond acceptors (Lipinski definition) is 5. The van der Waals surface area contributed by atoms with Crippen LogP contribution in [0.4, 0.5) is 0 Å². The normalized spacial score (nSPS) is 15.7. The highest BCUT2D eigenvalue weighted by Crippen LogP contribution is 2.38. The van der Waals surface area contributed by atoms with Gasteiger partial charge in [-0.1, -0.05) is 6.07 Å². The molecule has 1 heterocycles. The maximum atomic E-state index is 9.22. The van der Waals surface area contributed by atoms with Gasteiger partial charge in [-0.3, -0.25) is 0 Å². The quantitative estimate of drug-likeness (QED) is 0.804. The van der Waals surface area contributed by atoms with Crippen molar-refractivity contribution in [3.8, 4) is 11.5 Å². The Kier molecular flexibility index (Phi) is 3.83. The predicted octanol–water partition coefficient (Wildman–Crippen LogP) is 0.596. The highest BCUT2D eigenvalue weighted by atomic mass is 16.6. The van der Waals surface area contributed by atoms with Crippen LogP contribution in [-0.2, 0) is 11.3 Å². The van der Waals surface area contributed by atoms with Crippen molar-refractivity contribution in [1.29, 1.82) is 0 Å². The first kappa shape index (κ1) is 12.2. The molecule has 1 unspecified atom stereocenters. The maximum absolute atomic E-state index is 9.22. The van der Waals surface area contributed by atoms with Crippen LogP contribution in [0.2, 0.25) is 0 Å². The number of hydrogen-bond donors (Lipinski definition) is 2. The first-order chi connectivity index (χ1) is 8.27. The van der Waals surface area contributed by atoms with E-state index in [1.54, 1.807) is 7.11 Å². The van der Waals surface area contributed by atoms with Crippen molar-refractivity contribution in [3.63, 3.8) is 0 Å². The van der Waals surface area contributed by atoms with E-state index in [1.165, 1.54) is 0 Å². The Morgan fingerprint density at radius 2 is 2.18 bits per heavy atom. The lowest BCUT2D eigenvalue weighted by Crippen LogP contribution is -2.22. The third-order valence-electron chi connectivity index (χ3n) is 2.70. The topological polar surface area (TPSA) is 73.9 Å². The minimum atomic E-state index is -0.489. The van der Waals surface area contributed by atoms with Crippen molar-refractivity contribution in [2.24, 2.45) is 5.73 Å². The smallest absolute Gasteiger partial charge is 0.166 e. The second-order valence-electron chi connectivity index (χ2n) is 3.88. The van der Waals surface area contributed by atoms with Gasteiger partial charge >= 0.3 is 0 Å². The zero-order valence-corrected chi connectivity index (χ0v) is 9.81. The van der Waals surface area contributed by atoms with Gasteiger partial charge in [-0.25, -0.2) is 0 Å². The lowest BCUT2D eigenvalue weighted by molar-refractivity contribution is 0.161. The summed E-state index contributed by atoms with van der Waals surface area (Å²) >= 11 is 0. The zero-order chi connectivity index (χ0) is 12.3. The van der Waals surface area contributed by atoms with Crippen LogP contribution in [0.25, 0.3) is 0 Å². The largest absolute Gasteiger partial charge is 0.486 e. The summed E-state index contributed by atoms with van der Waals surface area (Å²) in [7, 11) is 1.62. The van der Waals surface area contributed by atoms with Gasteiger partial charge < -0.3 is 25.1 Å². The molecule has 1 aliphatic rings. The van der Waals surface area contributed by atoms with Crippen LogP contribution in [0, 0.1) is 0 Å². The fraction of sp³-hybridized carbons (Fsp3) is 0.500. The third-order valence-corrected chi connectivity index (χ3v) is 2.70. The minimum Gasteiger partial charge on any atom is -0.486 e. The molecule has 94 valence electrons. The summed E-state index contributed by atoms with van der Waals surface area (Å²) in [6.45, 7) is 1.31. The summed E-state index contributed by atoms with van der Waals surface area (Å²) in [4.78, 5) is 0. The highest BCUT2D eigenvalue weighted by molar-refractivity contribution is 5.53. The molecule has 0 spiro atoms. The van der Waals surface area contributed by atoms with Gasteiger partial charge in [0.2, 0.25) is 0 Å². The number of aliphatic hydroxyl groups is 1. The summed E-state index contributed by atoms with van der Waals surface area (Å²) in [6.07, 6.45) is 0. The van der Waals surface area contributed by atoms with E-state index in [0.717, 1.165) is 11.1 Å². The van der Waals surface area contributed by atoms with Crippen LogP contribution in [0.1, 0.15) is 17.2 Å². The molecule has 0 aliphatic carbocycles. The molecular weight excluding hydrogens is 222 g/mol. The van der Waals surface area contributed by atoms with Crippen molar-refractivity contribution in [2.75, 3.05) is 26.9 Å². The van der Waals surface area contributed by atoms with Crippen LogP contribution >= 0.6 is 0 Å². The highest BCUT2D eigenvalue weighted by Gasteiger charge is 2.23. The van der Waals surface area contributed by atoms with E-state index < -0.39 is 6.04 Å². The van der Waals surface area contributed by atoms with Gasteiger partial charge in [0.15, 0.2) is 11.5 Å². The van der Waals surface area contributed by atoms with E-state index in [0.29, 0.717) is 31.3 Å². The fourth-order valence-corrected chi connectivity index (χ4v) is 1.96. The molecule has 1 atom stereocenters. The van der Waals surface area contributed by atoms with E-state index >= 15 is 0 Å². The number of methoxy groups -OCH3 is 1. The van der Waals surface area contributed by atoms with Crippen molar-refractivity contribution in [2.45, 2.75) is 12.6 Å². The average Bonchev–Trinajstić information content (AvgIpc) is 2.38. The molecule has 0 radical (unpaired) electrons. The van der Waals surface area contributed by atoms with Gasteiger partial charge in [-0.05, 0) is 11.6 Å². The summed E-state index contributed by atoms with van der Waals surface area (Å²) in [6, 6.07) is 3.25. The third kappa shape index (κ3) is 2.36. The van der Waals surface area contributed by atoms with Crippen LogP contribution < -0.4 is 15.2 Å². The second kappa shape index (κ2) is 5.35. The molecule has 3 N–H and O–H groups in total. The monoisotopic (exact) mass is 239 g/mol. The van der Waals surface area contributed by atoms with Crippen LogP contribution in [0.15, 0.2) is 12.1 Å². The fourth-order valence-electron chi connectivity index (χ4n) is 1.96. The molecule has 0 saturated heterocycles. The van der Waals surface area contributed by atoms with E-state index in [4.69, 9.17) is 19.9 Å². The first-order valence-corrected chi connectivity index (χ1v) is 5.54. The molecular formula is C12H17NO4. The predicted molar refractivity (Wildman–Crippen MR) is 62.2 cm³/mol. The van der Waals surface area contributed by atoms with E-state index in [-0.39, 0.29) is 6.61 Å². The number of nitrogens with two attached hydrogens (primary N) is 1. The van der Waals surface area contributed by atoms with Crippen molar-refractivity contribution < 1.29 is 19.3 Å². The Bertz CT molecular complexity index is 394. The number of benzene rings is 1. The second-order valence-corrected chi connectivity index (χ2v) is 3.88. The average molecular weight is 239 g/mol. The summed E-state index contributed by atoms with van der Waals surface area (Å²) in [5, 5.41) is 9.22. The van der Waals surface area contributed by atoms with Crippen LogP contribution in [0.5, 0.6) is 11.5 Å². The Morgan fingerprint density at radius 1 is 1.41 bits per heavy atom. The van der Waals surface area contributed by atoms with Crippen molar-refractivity contribution in [3.05, 3.63) is 23.3 Å². The molecule has 0 aromatic heterocycles. The molecule has 5 heteroatoms. The van der Waals surface area contributed by atoms with E-state index in [9.17, 15) is 5.11 Å². The molecule has 2 rings (SSSR count). The molecule has 1 aromatic rings. The van der Waals surface area contributed by atoms with Crippen molar-refractivity contribution in [1.82, 2.24) is 0 Å². The van der Waals surface area contributed by atoms with Crippen LogP contribution in [0.3, 0.4) is 0 Å². The van der Waals surface area contributed by atoms with Gasteiger partial charge in [0.05, 0.1) is 19.3 Å². The molecule has 1 aliphatic heterocycles. The van der Waals surface area contributed by atoms with Gasteiger partial charge in [0.1, 0.15) is 13.2 Å². The molecule has 1 aromatic carbocycles. The number of rotatable bonds is 4. The molecule has 0 bridgehead atoms. The van der Waals surface area contributed by atoms with Crippen LogP contribution in [-0.4, -0.2) is 32.0 Å². The number of fused-ring (bicyclic) bond motifs is 1. The van der Waals surface area contributed by atoms with Crippen molar-refractivity contribution >= 4 is 0 Å². The van der Waals surface area contributed by atoms with Gasteiger partial charge in [0, 0.05) is 12.7 Å². The Morgan fingerprint density at radius 3 is 2.88 bits per heavy atom. The molecule has 0 saturated carbocycles. The summed E-state index contributed by atoms with van der Waals surface area (Å²) < 4.78 is 16.2. The molecule has 5 nitrogen and oxygen atoms in total. The lowest BCUT2D eigenvalue weighted by atomic mass is 9.99. The van der Waals surface area contributed by atoms with Gasteiger partial charge in [0.25, 0.3) is 0 Å². The Labute approximate surface area is 100 Å². The van der Waals surface area contributed by atoms with Gasteiger partial charge in [-0.2, -0.15) is 0 Å². The SMILES string of the molecule is COCc1ccc2c(c1C(N)CO)OCCO2.